The number of anilines is 1. The summed E-state index contributed by atoms with van der Waals surface area (Å²) in [5.41, 5.74) is 2.21. The van der Waals surface area contributed by atoms with E-state index in [9.17, 15) is 9.59 Å². The van der Waals surface area contributed by atoms with Crippen LogP contribution < -0.4 is 5.32 Å². The van der Waals surface area contributed by atoms with Crippen LogP contribution in [0.2, 0.25) is 0 Å². The normalized spacial score (nSPS) is 18.5. The molecule has 0 bridgehead atoms. The van der Waals surface area contributed by atoms with E-state index < -0.39 is 6.04 Å². The van der Waals surface area contributed by atoms with E-state index in [4.69, 9.17) is 0 Å². The quantitative estimate of drug-likeness (QED) is 0.942. The van der Waals surface area contributed by atoms with Crippen molar-refractivity contribution >= 4 is 17.5 Å². The van der Waals surface area contributed by atoms with Crippen LogP contribution in [0.1, 0.15) is 36.2 Å². The van der Waals surface area contributed by atoms with Gasteiger partial charge >= 0.3 is 0 Å². The second kappa shape index (κ2) is 6.47. The highest BCUT2D eigenvalue weighted by molar-refractivity contribution is 6.02. The average molecular weight is 326 g/mol. The molecule has 2 atom stereocenters. The first kappa shape index (κ1) is 16.2. The lowest BCUT2D eigenvalue weighted by atomic mass is 9.96. The Kier molecular flexibility index (Phi) is 4.38. The lowest BCUT2D eigenvalue weighted by Crippen LogP contribution is -2.48. The van der Waals surface area contributed by atoms with Gasteiger partial charge in [0.05, 0.1) is 11.8 Å². The van der Waals surface area contributed by atoms with Crippen LogP contribution >= 0.6 is 0 Å². The van der Waals surface area contributed by atoms with Crippen molar-refractivity contribution < 1.29 is 9.59 Å². The molecule has 1 aromatic heterocycles. The molecule has 0 radical (unpaired) electrons. The molecule has 6 nitrogen and oxygen atoms in total. The number of amides is 2. The largest absolute Gasteiger partial charge is 0.324 e. The van der Waals surface area contributed by atoms with Gasteiger partial charge in [0.25, 0.3) is 5.91 Å². The average Bonchev–Trinajstić information content (AvgIpc) is 2.94. The van der Waals surface area contributed by atoms with Gasteiger partial charge in [-0.15, -0.1) is 0 Å². The van der Waals surface area contributed by atoms with E-state index in [1.807, 2.05) is 38.1 Å². The number of aromatic nitrogens is 2. The fraction of sp³-hybridized carbons (Fsp3) is 0.389. The lowest BCUT2D eigenvalue weighted by Gasteiger charge is -2.32. The second-order valence-electron chi connectivity index (χ2n) is 6.31. The Balaban J connectivity index is 2.03. The van der Waals surface area contributed by atoms with E-state index in [-0.39, 0.29) is 17.7 Å². The Bertz CT molecular complexity index is 768. The summed E-state index contributed by atoms with van der Waals surface area (Å²) in [6, 6.07) is 7.11. The predicted octanol–water partition coefficient (Wildman–Crippen LogP) is 2.43. The number of benzene rings is 1. The molecule has 1 N–H and O–H groups in total. The van der Waals surface area contributed by atoms with Gasteiger partial charge in [0.1, 0.15) is 6.04 Å². The Morgan fingerprint density at radius 1 is 1.42 bits per heavy atom. The van der Waals surface area contributed by atoms with Crippen LogP contribution in [0, 0.1) is 5.92 Å². The third-order valence-electron chi connectivity index (χ3n) is 4.62. The predicted molar refractivity (Wildman–Crippen MR) is 91.4 cm³/mol. The van der Waals surface area contributed by atoms with Crippen molar-refractivity contribution in [1.82, 2.24) is 14.7 Å². The minimum absolute atomic E-state index is 0.0555. The fourth-order valence-electron chi connectivity index (χ4n) is 3.09. The maximum absolute atomic E-state index is 13.0. The maximum Gasteiger partial charge on any atom is 0.258 e. The van der Waals surface area contributed by atoms with Crippen molar-refractivity contribution in [2.45, 2.75) is 32.9 Å². The van der Waals surface area contributed by atoms with Gasteiger partial charge in [0.15, 0.2) is 0 Å². The summed E-state index contributed by atoms with van der Waals surface area (Å²) in [6.45, 7) is 4.43. The Morgan fingerprint density at radius 3 is 2.83 bits per heavy atom. The van der Waals surface area contributed by atoms with Crippen LogP contribution in [-0.2, 0) is 18.4 Å². The van der Waals surface area contributed by atoms with Gasteiger partial charge in [-0.05, 0) is 17.5 Å². The van der Waals surface area contributed by atoms with Gasteiger partial charge in [-0.1, -0.05) is 38.5 Å². The van der Waals surface area contributed by atoms with Crippen LogP contribution in [0.4, 0.5) is 5.69 Å². The van der Waals surface area contributed by atoms with Gasteiger partial charge in [0.2, 0.25) is 5.91 Å². The SMILES string of the molecule is CCC(C)C1C(=O)Nc2ccccc2CN1C(=O)c1cnn(C)c1. The summed E-state index contributed by atoms with van der Waals surface area (Å²) < 4.78 is 1.59. The van der Waals surface area contributed by atoms with Crippen LogP contribution in [0.5, 0.6) is 0 Å². The number of para-hydroxylation sites is 1. The Labute approximate surface area is 141 Å². The summed E-state index contributed by atoms with van der Waals surface area (Å²) >= 11 is 0. The molecule has 0 fully saturated rings. The van der Waals surface area contributed by atoms with Gasteiger partial charge in [0, 0.05) is 25.5 Å². The number of carbonyl (C=O) groups excluding carboxylic acids is 2. The van der Waals surface area contributed by atoms with Gasteiger partial charge in [-0.25, -0.2) is 0 Å². The third-order valence-corrected chi connectivity index (χ3v) is 4.62. The van der Waals surface area contributed by atoms with Crippen molar-refractivity contribution in [3.8, 4) is 0 Å². The monoisotopic (exact) mass is 326 g/mol. The maximum atomic E-state index is 13.0. The van der Waals surface area contributed by atoms with Gasteiger partial charge in [-0.2, -0.15) is 5.10 Å². The summed E-state index contributed by atoms with van der Waals surface area (Å²) in [5.74, 6) is -0.244. The molecule has 2 aromatic rings. The molecule has 6 heteroatoms. The third kappa shape index (κ3) is 2.91. The summed E-state index contributed by atoms with van der Waals surface area (Å²) in [7, 11) is 1.77. The van der Waals surface area contributed by atoms with Gasteiger partial charge < -0.3 is 10.2 Å². The first-order valence-corrected chi connectivity index (χ1v) is 8.19. The first-order valence-electron chi connectivity index (χ1n) is 8.19. The van der Waals surface area contributed by atoms with Crippen molar-refractivity contribution in [3.63, 3.8) is 0 Å². The zero-order valence-corrected chi connectivity index (χ0v) is 14.2. The number of nitrogens with zero attached hydrogens (tertiary/aromatic N) is 3. The lowest BCUT2D eigenvalue weighted by molar-refractivity contribution is -0.122. The van der Waals surface area contributed by atoms with E-state index in [1.165, 1.54) is 0 Å². The van der Waals surface area contributed by atoms with Crippen molar-refractivity contribution in [2.24, 2.45) is 13.0 Å². The molecule has 126 valence electrons. The smallest absolute Gasteiger partial charge is 0.258 e. The molecule has 1 aliphatic heterocycles. The molecule has 2 heterocycles. The standard InChI is InChI=1S/C18H22N4O2/c1-4-12(2)16-17(23)20-15-8-6-5-7-13(15)11-22(16)18(24)14-9-19-21(3)10-14/h5-10,12,16H,4,11H2,1-3H3,(H,20,23). The summed E-state index contributed by atoms with van der Waals surface area (Å²) in [5, 5.41) is 7.05. The van der Waals surface area contributed by atoms with E-state index in [2.05, 4.69) is 10.4 Å². The van der Waals surface area contributed by atoms with Crippen molar-refractivity contribution in [3.05, 3.63) is 47.8 Å². The molecule has 24 heavy (non-hydrogen) atoms. The molecule has 3 rings (SSSR count). The number of nitrogens with one attached hydrogen (secondary N) is 1. The second-order valence-corrected chi connectivity index (χ2v) is 6.31. The number of rotatable bonds is 3. The van der Waals surface area contributed by atoms with Crippen LogP contribution in [-0.4, -0.2) is 32.5 Å². The molecule has 2 amide bonds. The number of aryl methyl sites for hydroxylation is 1. The molecule has 0 saturated carbocycles. The zero-order valence-electron chi connectivity index (χ0n) is 14.2. The minimum Gasteiger partial charge on any atom is -0.324 e. The molecule has 0 spiro atoms. The van der Waals surface area contributed by atoms with Crippen LogP contribution in [0.15, 0.2) is 36.7 Å². The van der Waals surface area contributed by atoms with Gasteiger partial charge in [-0.3, -0.25) is 14.3 Å². The summed E-state index contributed by atoms with van der Waals surface area (Å²) in [6.07, 6.45) is 4.04. The van der Waals surface area contributed by atoms with Crippen LogP contribution in [0.25, 0.3) is 0 Å². The molecule has 1 aliphatic rings. The first-order chi connectivity index (χ1) is 11.5. The van der Waals surface area contributed by atoms with Crippen molar-refractivity contribution in [2.75, 3.05) is 5.32 Å². The number of hydrogen-bond acceptors (Lipinski definition) is 3. The highest BCUT2D eigenvalue weighted by atomic mass is 16.2. The molecule has 0 aliphatic carbocycles. The highest BCUT2D eigenvalue weighted by Gasteiger charge is 2.37. The Morgan fingerprint density at radius 2 is 2.17 bits per heavy atom. The molecule has 0 saturated heterocycles. The molecule has 2 unspecified atom stereocenters. The zero-order chi connectivity index (χ0) is 17.3. The van der Waals surface area contributed by atoms with E-state index in [0.717, 1.165) is 17.7 Å². The fourth-order valence-corrected chi connectivity index (χ4v) is 3.09. The molecule has 1 aromatic carbocycles. The Hall–Kier alpha value is -2.63. The molecular formula is C18H22N4O2. The molecular weight excluding hydrogens is 304 g/mol. The van der Waals surface area contributed by atoms with E-state index in [0.29, 0.717) is 12.1 Å². The van der Waals surface area contributed by atoms with E-state index in [1.54, 1.807) is 29.0 Å². The minimum atomic E-state index is -0.505. The van der Waals surface area contributed by atoms with E-state index >= 15 is 0 Å². The summed E-state index contributed by atoms with van der Waals surface area (Å²) in [4.78, 5) is 27.5. The van der Waals surface area contributed by atoms with Crippen LogP contribution in [0.3, 0.4) is 0 Å². The number of carbonyl (C=O) groups is 2. The number of hydrogen-bond donors (Lipinski definition) is 1. The van der Waals surface area contributed by atoms with Crippen molar-refractivity contribution in [1.29, 1.82) is 0 Å². The topological polar surface area (TPSA) is 67.2 Å². The highest BCUT2D eigenvalue weighted by Crippen LogP contribution is 2.28. The number of fused-ring (bicyclic) bond motifs is 1.